The predicted molar refractivity (Wildman–Crippen MR) is 134 cm³/mol. The summed E-state index contributed by atoms with van der Waals surface area (Å²) in [6, 6.07) is 9.45. The molecule has 0 unspecified atom stereocenters. The van der Waals surface area contributed by atoms with E-state index in [4.69, 9.17) is 21.7 Å². The molecule has 1 aliphatic heterocycles. The zero-order valence-electron chi connectivity index (χ0n) is 18.7. The molecule has 0 radical (unpaired) electrons. The Labute approximate surface area is 201 Å². The number of nitrogens with zero attached hydrogens (tertiary/aromatic N) is 3. The highest BCUT2D eigenvalue weighted by Gasteiger charge is 2.32. The number of aromatic nitrogens is 2. The van der Waals surface area contributed by atoms with Gasteiger partial charge in [-0.3, -0.25) is 18.9 Å². The first-order valence-electron chi connectivity index (χ1n) is 10.3. The fourth-order valence-electron chi connectivity index (χ4n) is 3.60. The summed E-state index contributed by atoms with van der Waals surface area (Å²) in [6.45, 7) is 6.53. The molecule has 1 amide bonds. The van der Waals surface area contributed by atoms with Crippen molar-refractivity contribution in [2.75, 3.05) is 20.3 Å². The SMILES string of the molecule is COCCN1C(=O)/C(=C\c2c(Oc3cc(C)cc(C)c3)nc3c(C)cccn3c2=O)SC1=S. The number of aryl methyl sites for hydroxylation is 3. The number of thioether (sulfide) groups is 1. The van der Waals surface area contributed by atoms with Crippen molar-refractivity contribution in [3.63, 3.8) is 0 Å². The summed E-state index contributed by atoms with van der Waals surface area (Å²) in [7, 11) is 1.56. The van der Waals surface area contributed by atoms with Gasteiger partial charge in [0, 0.05) is 13.3 Å². The predicted octanol–water partition coefficient (Wildman–Crippen LogP) is 4.26. The second-order valence-corrected chi connectivity index (χ2v) is 9.45. The van der Waals surface area contributed by atoms with Crippen LogP contribution in [0.25, 0.3) is 11.7 Å². The normalized spacial score (nSPS) is 15.2. The maximum Gasteiger partial charge on any atom is 0.269 e. The molecule has 3 heterocycles. The Hall–Kier alpha value is -3.01. The van der Waals surface area contributed by atoms with E-state index in [9.17, 15) is 9.59 Å². The molecule has 3 aromatic rings. The highest BCUT2D eigenvalue weighted by atomic mass is 32.2. The van der Waals surface area contributed by atoms with Crippen molar-refractivity contribution in [2.45, 2.75) is 20.8 Å². The Balaban J connectivity index is 1.86. The van der Waals surface area contributed by atoms with Gasteiger partial charge in [-0.2, -0.15) is 4.98 Å². The van der Waals surface area contributed by atoms with E-state index in [-0.39, 0.29) is 22.9 Å². The monoisotopic (exact) mass is 481 g/mol. The minimum absolute atomic E-state index is 0.140. The van der Waals surface area contributed by atoms with Crippen molar-refractivity contribution >= 4 is 45.9 Å². The molecule has 1 aliphatic rings. The number of carbonyl (C=O) groups is 1. The van der Waals surface area contributed by atoms with Gasteiger partial charge in [-0.25, -0.2) is 0 Å². The van der Waals surface area contributed by atoms with E-state index in [0.29, 0.717) is 33.8 Å². The number of carbonyl (C=O) groups excluding carboxylic acids is 1. The first-order valence-corrected chi connectivity index (χ1v) is 11.5. The lowest BCUT2D eigenvalue weighted by Crippen LogP contribution is -2.31. The lowest BCUT2D eigenvalue weighted by molar-refractivity contribution is -0.122. The number of benzene rings is 1. The van der Waals surface area contributed by atoms with Gasteiger partial charge in [-0.15, -0.1) is 0 Å². The van der Waals surface area contributed by atoms with Gasteiger partial charge >= 0.3 is 0 Å². The first kappa shape index (κ1) is 23.2. The van der Waals surface area contributed by atoms with E-state index < -0.39 is 0 Å². The van der Waals surface area contributed by atoms with Crippen molar-refractivity contribution in [2.24, 2.45) is 0 Å². The standard InChI is InChI=1S/C24H23N3O4S2/c1-14-10-15(2)12-17(11-14)31-21-18(22(28)26-7-5-6-16(3)20(26)25-21)13-19-23(29)27(8-9-30-4)24(32)33-19/h5-7,10-13H,8-9H2,1-4H3/b19-13+. The number of rotatable bonds is 6. The molecular weight excluding hydrogens is 458 g/mol. The molecule has 0 aliphatic carbocycles. The highest BCUT2D eigenvalue weighted by Crippen LogP contribution is 2.34. The molecule has 33 heavy (non-hydrogen) atoms. The van der Waals surface area contributed by atoms with Crippen LogP contribution in [0, 0.1) is 20.8 Å². The van der Waals surface area contributed by atoms with Gasteiger partial charge in [0.2, 0.25) is 5.88 Å². The molecule has 4 rings (SSSR count). The van der Waals surface area contributed by atoms with Gasteiger partial charge in [-0.1, -0.05) is 36.1 Å². The van der Waals surface area contributed by atoms with Crippen molar-refractivity contribution in [1.82, 2.24) is 14.3 Å². The summed E-state index contributed by atoms with van der Waals surface area (Å²) in [5.41, 5.74) is 3.23. The molecule has 170 valence electrons. The Bertz CT molecular complexity index is 1340. The summed E-state index contributed by atoms with van der Waals surface area (Å²) in [5, 5.41) is 0. The van der Waals surface area contributed by atoms with E-state index in [1.807, 2.05) is 45.0 Å². The number of hydrogen-bond donors (Lipinski definition) is 0. The van der Waals surface area contributed by atoms with Crippen LogP contribution in [0.1, 0.15) is 22.3 Å². The van der Waals surface area contributed by atoms with Crippen molar-refractivity contribution in [3.05, 3.63) is 74.0 Å². The third kappa shape index (κ3) is 4.71. The Kier molecular flexibility index (Phi) is 6.64. The topological polar surface area (TPSA) is 73.1 Å². The van der Waals surface area contributed by atoms with Crippen LogP contribution in [0.2, 0.25) is 0 Å². The van der Waals surface area contributed by atoms with Gasteiger partial charge in [0.25, 0.3) is 11.5 Å². The average molecular weight is 482 g/mol. The van der Waals surface area contributed by atoms with Crippen molar-refractivity contribution < 1.29 is 14.3 Å². The molecule has 9 heteroatoms. The van der Waals surface area contributed by atoms with Gasteiger partial charge in [-0.05, 0) is 61.7 Å². The third-order valence-corrected chi connectivity index (χ3v) is 6.50. The van der Waals surface area contributed by atoms with E-state index >= 15 is 0 Å². The largest absolute Gasteiger partial charge is 0.438 e. The minimum Gasteiger partial charge on any atom is -0.438 e. The average Bonchev–Trinajstić information content (AvgIpc) is 3.02. The Morgan fingerprint density at radius 1 is 1.15 bits per heavy atom. The number of pyridine rings is 1. The zero-order chi connectivity index (χ0) is 23.7. The fraction of sp³-hybridized carbons (Fsp3) is 0.250. The molecule has 2 aromatic heterocycles. The van der Waals surface area contributed by atoms with Crippen LogP contribution >= 0.6 is 24.0 Å². The molecular formula is C24H23N3O4S2. The summed E-state index contributed by atoms with van der Waals surface area (Å²) in [6.07, 6.45) is 3.17. The zero-order valence-corrected chi connectivity index (χ0v) is 20.4. The number of methoxy groups -OCH3 is 1. The molecule has 0 N–H and O–H groups in total. The van der Waals surface area contributed by atoms with E-state index in [0.717, 1.165) is 28.5 Å². The maximum absolute atomic E-state index is 13.5. The van der Waals surface area contributed by atoms with Crippen LogP contribution in [0.5, 0.6) is 11.6 Å². The quantitative estimate of drug-likeness (QED) is 0.385. The Morgan fingerprint density at radius 3 is 2.58 bits per heavy atom. The van der Waals surface area contributed by atoms with Crippen LogP contribution in [-0.4, -0.2) is 44.8 Å². The van der Waals surface area contributed by atoms with Crippen LogP contribution in [0.3, 0.4) is 0 Å². The number of amides is 1. The van der Waals surface area contributed by atoms with Crippen molar-refractivity contribution in [1.29, 1.82) is 0 Å². The highest BCUT2D eigenvalue weighted by molar-refractivity contribution is 8.26. The van der Waals surface area contributed by atoms with E-state index in [2.05, 4.69) is 4.98 Å². The first-order chi connectivity index (χ1) is 15.8. The number of hydrogen-bond acceptors (Lipinski definition) is 7. The lowest BCUT2D eigenvalue weighted by atomic mass is 10.1. The molecule has 7 nitrogen and oxygen atoms in total. The second-order valence-electron chi connectivity index (χ2n) is 7.77. The molecule has 0 saturated carbocycles. The summed E-state index contributed by atoms with van der Waals surface area (Å²) < 4.78 is 13.1. The van der Waals surface area contributed by atoms with E-state index in [1.54, 1.807) is 19.4 Å². The minimum atomic E-state index is -0.328. The van der Waals surface area contributed by atoms with Gasteiger partial charge in [0.1, 0.15) is 21.3 Å². The van der Waals surface area contributed by atoms with Crippen LogP contribution < -0.4 is 10.3 Å². The molecule has 1 aromatic carbocycles. The number of fused-ring (bicyclic) bond motifs is 1. The third-order valence-electron chi connectivity index (χ3n) is 5.13. The molecule has 0 bridgehead atoms. The maximum atomic E-state index is 13.5. The molecule has 1 fully saturated rings. The fourth-order valence-corrected chi connectivity index (χ4v) is 4.89. The van der Waals surface area contributed by atoms with Gasteiger partial charge in [0.15, 0.2) is 0 Å². The summed E-state index contributed by atoms with van der Waals surface area (Å²) >= 11 is 6.51. The molecule has 0 spiro atoms. The molecule has 0 atom stereocenters. The Morgan fingerprint density at radius 2 is 1.88 bits per heavy atom. The number of thiocarbonyl (C=S) groups is 1. The lowest BCUT2D eigenvalue weighted by Gasteiger charge is -2.13. The van der Waals surface area contributed by atoms with Crippen LogP contribution in [0.4, 0.5) is 0 Å². The molecule has 1 saturated heterocycles. The van der Waals surface area contributed by atoms with Gasteiger partial charge < -0.3 is 9.47 Å². The summed E-state index contributed by atoms with van der Waals surface area (Å²) in [4.78, 5) is 32.9. The second kappa shape index (κ2) is 9.46. The van der Waals surface area contributed by atoms with Gasteiger partial charge in [0.05, 0.1) is 18.1 Å². The van der Waals surface area contributed by atoms with Crippen LogP contribution in [-0.2, 0) is 9.53 Å². The van der Waals surface area contributed by atoms with Crippen molar-refractivity contribution in [3.8, 4) is 11.6 Å². The van der Waals surface area contributed by atoms with Crippen LogP contribution in [0.15, 0.2) is 46.2 Å². The summed E-state index contributed by atoms with van der Waals surface area (Å²) in [5.74, 6) is 0.439. The smallest absolute Gasteiger partial charge is 0.269 e. The van der Waals surface area contributed by atoms with E-state index in [1.165, 1.54) is 15.4 Å². The number of ether oxygens (including phenoxy) is 2.